The summed E-state index contributed by atoms with van der Waals surface area (Å²) in [4.78, 5) is 24.0. The number of nitrogens with one attached hydrogen (secondary N) is 3. The summed E-state index contributed by atoms with van der Waals surface area (Å²) in [6, 6.07) is 10.9. The van der Waals surface area contributed by atoms with Crippen molar-refractivity contribution in [1.82, 2.24) is 16.2 Å². The summed E-state index contributed by atoms with van der Waals surface area (Å²) >= 11 is 16.6. The molecule has 6 nitrogen and oxygen atoms in total. The van der Waals surface area contributed by atoms with Gasteiger partial charge in [0, 0.05) is 21.2 Å². The van der Waals surface area contributed by atoms with E-state index < -0.39 is 11.8 Å². The SMILES string of the molecule is COc1ccc(C(=O)NNC(=S)NC(=O)c2cc(Cl)cc(Cl)c2)cc1. The molecule has 0 aliphatic rings. The lowest BCUT2D eigenvalue weighted by atomic mass is 10.2. The summed E-state index contributed by atoms with van der Waals surface area (Å²) in [5, 5.41) is 2.97. The van der Waals surface area contributed by atoms with Crippen LogP contribution in [-0.4, -0.2) is 24.0 Å². The molecule has 0 heterocycles. The molecule has 0 radical (unpaired) electrons. The highest BCUT2D eigenvalue weighted by Crippen LogP contribution is 2.18. The zero-order valence-electron chi connectivity index (χ0n) is 12.9. The van der Waals surface area contributed by atoms with Gasteiger partial charge < -0.3 is 4.74 Å². The van der Waals surface area contributed by atoms with Gasteiger partial charge in [0.25, 0.3) is 11.8 Å². The van der Waals surface area contributed by atoms with Gasteiger partial charge in [-0.2, -0.15) is 0 Å². The number of thiocarbonyl (C=S) groups is 1. The molecule has 2 amide bonds. The van der Waals surface area contributed by atoms with Crippen molar-refractivity contribution in [3.63, 3.8) is 0 Å². The summed E-state index contributed by atoms with van der Waals surface area (Å²) in [6.07, 6.45) is 0. The van der Waals surface area contributed by atoms with Crippen LogP contribution in [0, 0.1) is 0 Å². The minimum Gasteiger partial charge on any atom is -0.497 e. The minimum atomic E-state index is -0.513. The van der Waals surface area contributed by atoms with Crippen LogP contribution in [0.1, 0.15) is 20.7 Å². The second-order valence-electron chi connectivity index (χ2n) is 4.75. The Bertz CT molecular complexity index is 793. The van der Waals surface area contributed by atoms with Gasteiger partial charge in [-0.15, -0.1) is 0 Å². The first-order valence-corrected chi connectivity index (χ1v) is 8.07. The first kappa shape index (κ1) is 19.0. The lowest BCUT2D eigenvalue weighted by Crippen LogP contribution is -2.48. The Kier molecular flexibility index (Phi) is 6.58. The van der Waals surface area contributed by atoms with E-state index in [0.29, 0.717) is 21.4 Å². The average molecular weight is 398 g/mol. The predicted molar refractivity (Wildman–Crippen MR) is 100 cm³/mol. The number of carbonyl (C=O) groups excluding carboxylic acids is 2. The van der Waals surface area contributed by atoms with E-state index in [2.05, 4.69) is 16.2 Å². The van der Waals surface area contributed by atoms with Crippen molar-refractivity contribution in [3.05, 3.63) is 63.6 Å². The number of rotatable bonds is 3. The summed E-state index contributed by atoms with van der Waals surface area (Å²) in [6.45, 7) is 0. The fourth-order valence-electron chi connectivity index (χ4n) is 1.82. The molecule has 0 aliphatic carbocycles. The van der Waals surface area contributed by atoms with Crippen LogP contribution in [0.3, 0.4) is 0 Å². The van der Waals surface area contributed by atoms with Gasteiger partial charge >= 0.3 is 0 Å². The van der Waals surface area contributed by atoms with E-state index in [9.17, 15) is 9.59 Å². The zero-order chi connectivity index (χ0) is 18.4. The highest BCUT2D eigenvalue weighted by atomic mass is 35.5. The van der Waals surface area contributed by atoms with Crippen LogP contribution in [0.2, 0.25) is 10.0 Å². The topological polar surface area (TPSA) is 79.5 Å². The molecule has 0 fully saturated rings. The van der Waals surface area contributed by atoms with E-state index in [1.165, 1.54) is 25.3 Å². The molecule has 2 aromatic carbocycles. The van der Waals surface area contributed by atoms with E-state index in [-0.39, 0.29) is 10.7 Å². The maximum atomic E-state index is 12.1. The van der Waals surface area contributed by atoms with Crippen LogP contribution < -0.4 is 20.9 Å². The Morgan fingerprint density at radius 2 is 1.52 bits per heavy atom. The monoisotopic (exact) mass is 397 g/mol. The van der Waals surface area contributed by atoms with E-state index in [1.54, 1.807) is 24.3 Å². The van der Waals surface area contributed by atoms with Crippen molar-refractivity contribution >= 4 is 52.3 Å². The molecule has 0 aliphatic heterocycles. The second kappa shape index (κ2) is 8.66. The van der Waals surface area contributed by atoms with E-state index in [4.69, 9.17) is 40.2 Å². The molecule has 25 heavy (non-hydrogen) atoms. The molecule has 0 spiro atoms. The molecule has 0 saturated carbocycles. The van der Waals surface area contributed by atoms with Crippen molar-refractivity contribution in [2.45, 2.75) is 0 Å². The highest BCUT2D eigenvalue weighted by Gasteiger charge is 2.11. The zero-order valence-corrected chi connectivity index (χ0v) is 15.3. The smallest absolute Gasteiger partial charge is 0.269 e. The Morgan fingerprint density at radius 3 is 2.08 bits per heavy atom. The van der Waals surface area contributed by atoms with Crippen LogP contribution in [0.15, 0.2) is 42.5 Å². The van der Waals surface area contributed by atoms with Gasteiger partial charge in [-0.05, 0) is 54.7 Å². The van der Waals surface area contributed by atoms with Crippen molar-refractivity contribution in [2.75, 3.05) is 7.11 Å². The standard InChI is InChI=1S/C16H13Cl2N3O3S/c1-24-13-4-2-9(3-5-13)15(23)20-21-16(25)19-14(22)10-6-11(17)8-12(18)7-10/h2-8H,1H3,(H,20,23)(H2,19,21,22,25). The maximum Gasteiger partial charge on any atom is 0.269 e. The minimum absolute atomic E-state index is 0.0806. The van der Waals surface area contributed by atoms with Gasteiger partial charge in [0.15, 0.2) is 5.11 Å². The van der Waals surface area contributed by atoms with Crippen molar-refractivity contribution in [2.24, 2.45) is 0 Å². The Hall–Kier alpha value is -2.35. The number of hydrazine groups is 1. The van der Waals surface area contributed by atoms with Crippen LogP contribution in [0.25, 0.3) is 0 Å². The molecular weight excluding hydrogens is 385 g/mol. The number of benzene rings is 2. The fourth-order valence-corrected chi connectivity index (χ4v) is 2.49. The normalized spacial score (nSPS) is 9.88. The van der Waals surface area contributed by atoms with Gasteiger partial charge in [0.1, 0.15) is 5.75 Å². The van der Waals surface area contributed by atoms with Gasteiger partial charge in [0.2, 0.25) is 0 Å². The van der Waals surface area contributed by atoms with Crippen LogP contribution in [-0.2, 0) is 0 Å². The third kappa shape index (κ3) is 5.60. The number of hydrogen-bond acceptors (Lipinski definition) is 4. The van der Waals surface area contributed by atoms with Gasteiger partial charge in [-0.3, -0.25) is 25.8 Å². The van der Waals surface area contributed by atoms with Crippen molar-refractivity contribution in [1.29, 1.82) is 0 Å². The van der Waals surface area contributed by atoms with Crippen LogP contribution in [0.5, 0.6) is 5.75 Å². The van der Waals surface area contributed by atoms with Gasteiger partial charge in [-0.1, -0.05) is 23.2 Å². The summed E-state index contributed by atoms with van der Waals surface area (Å²) in [5.41, 5.74) is 5.45. The molecule has 9 heteroatoms. The second-order valence-corrected chi connectivity index (χ2v) is 6.03. The van der Waals surface area contributed by atoms with Crippen molar-refractivity contribution < 1.29 is 14.3 Å². The third-order valence-electron chi connectivity index (χ3n) is 2.99. The summed E-state index contributed by atoms with van der Waals surface area (Å²) in [7, 11) is 1.53. The molecule has 3 N–H and O–H groups in total. The first-order valence-electron chi connectivity index (χ1n) is 6.91. The molecule has 0 saturated heterocycles. The fraction of sp³-hybridized carbons (Fsp3) is 0.0625. The molecule has 0 unspecified atom stereocenters. The number of hydrogen-bond donors (Lipinski definition) is 3. The maximum absolute atomic E-state index is 12.1. The molecule has 0 bridgehead atoms. The summed E-state index contributed by atoms with van der Waals surface area (Å²) in [5.74, 6) is -0.307. The number of methoxy groups -OCH3 is 1. The van der Waals surface area contributed by atoms with Crippen LogP contribution >= 0.6 is 35.4 Å². The number of carbonyl (C=O) groups is 2. The average Bonchev–Trinajstić information content (AvgIpc) is 2.58. The number of halogens is 2. The third-order valence-corrected chi connectivity index (χ3v) is 3.63. The quantitative estimate of drug-likeness (QED) is 0.547. The Labute approximate surface area is 159 Å². The largest absolute Gasteiger partial charge is 0.497 e. The molecule has 0 aromatic heterocycles. The molecule has 2 rings (SSSR count). The van der Waals surface area contributed by atoms with Gasteiger partial charge in [0.05, 0.1) is 7.11 Å². The number of ether oxygens (including phenoxy) is 1. The van der Waals surface area contributed by atoms with Crippen LogP contribution in [0.4, 0.5) is 0 Å². The lowest BCUT2D eigenvalue weighted by Gasteiger charge is -2.11. The first-order chi connectivity index (χ1) is 11.9. The molecular formula is C16H13Cl2N3O3S. The lowest BCUT2D eigenvalue weighted by molar-refractivity contribution is 0.0934. The van der Waals surface area contributed by atoms with Gasteiger partial charge in [-0.25, -0.2) is 0 Å². The highest BCUT2D eigenvalue weighted by molar-refractivity contribution is 7.80. The Morgan fingerprint density at radius 1 is 0.920 bits per heavy atom. The van der Waals surface area contributed by atoms with E-state index in [0.717, 1.165) is 0 Å². The number of amides is 2. The van der Waals surface area contributed by atoms with E-state index in [1.807, 2.05) is 0 Å². The molecule has 130 valence electrons. The molecule has 0 atom stereocenters. The molecule has 2 aromatic rings. The summed E-state index contributed by atoms with van der Waals surface area (Å²) < 4.78 is 5.02. The Balaban J connectivity index is 1.89. The predicted octanol–water partition coefficient (Wildman–Crippen LogP) is 2.95. The van der Waals surface area contributed by atoms with E-state index >= 15 is 0 Å². The van der Waals surface area contributed by atoms with Crippen molar-refractivity contribution in [3.8, 4) is 5.75 Å².